The molecule has 82 valence electrons. The summed E-state index contributed by atoms with van der Waals surface area (Å²) < 4.78 is 0. The topological polar surface area (TPSA) is 82.3 Å². The van der Waals surface area contributed by atoms with E-state index < -0.39 is 11.8 Å². The smallest absolute Gasteiger partial charge is 0.236 e. The van der Waals surface area contributed by atoms with Gasteiger partial charge in [-0.15, -0.1) is 0 Å². The van der Waals surface area contributed by atoms with Gasteiger partial charge in [0.2, 0.25) is 12.1 Å². The highest BCUT2D eigenvalue weighted by Gasteiger charge is 2.20. The van der Waals surface area contributed by atoms with Crippen molar-refractivity contribution in [2.24, 2.45) is 10.9 Å². The molecule has 0 aromatic heterocycles. The fourth-order valence-corrected chi connectivity index (χ4v) is 1.19. The molecule has 0 rings (SSSR count). The molecule has 0 aromatic rings. The third-order valence-electron chi connectivity index (χ3n) is 1.70. The zero-order valence-corrected chi connectivity index (χ0v) is 9.50. The van der Waals surface area contributed by atoms with Crippen LogP contribution in [0.2, 0.25) is 0 Å². The van der Waals surface area contributed by atoms with Crippen LogP contribution in [0.1, 0.15) is 6.92 Å². The summed E-state index contributed by atoms with van der Waals surface area (Å²) in [5.74, 6) is -0.576. The second-order valence-corrected chi connectivity index (χ2v) is 3.74. The van der Waals surface area contributed by atoms with Gasteiger partial charge in [0.15, 0.2) is 0 Å². The molecule has 5 nitrogen and oxygen atoms in total. The van der Waals surface area contributed by atoms with Crippen LogP contribution in [-0.2, 0) is 9.59 Å². The van der Waals surface area contributed by atoms with Gasteiger partial charge in [0.1, 0.15) is 12.2 Å². The Morgan fingerprint density at radius 2 is 2.40 bits per heavy atom. The lowest BCUT2D eigenvalue weighted by Gasteiger charge is -2.09. The molecule has 0 radical (unpaired) electrons. The minimum atomic E-state index is -0.952. The lowest BCUT2D eigenvalue weighted by molar-refractivity contribution is -0.126. The molecule has 1 N–H and O–H groups in total. The number of aliphatic imine (C=N–C) groups is 1. The maximum atomic E-state index is 11.4. The van der Waals surface area contributed by atoms with Gasteiger partial charge in [-0.3, -0.25) is 4.79 Å². The fourth-order valence-electron chi connectivity index (χ4n) is 0.885. The lowest BCUT2D eigenvalue weighted by Crippen LogP contribution is -2.36. The number of amides is 1. The molecule has 1 amide bonds. The van der Waals surface area contributed by atoms with E-state index in [2.05, 4.69) is 10.3 Å². The van der Waals surface area contributed by atoms with Crippen molar-refractivity contribution in [3.8, 4) is 6.19 Å². The Labute approximate surface area is 92.9 Å². The number of nitrogens with one attached hydrogen (secondary N) is 1. The van der Waals surface area contributed by atoms with E-state index in [1.54, 1.807) is 18.0 Å². The Morgan fingerprint density at radius 1 is 1.73 bits per heavy atom. The normalized spacial score (nSPS) is 12.7. The number of thioether (sulfide) groups is 1. The van der Waals surface area contributed by atoms with Crippen molar-refractivity contribution < 1.29 is 9.59 Å². The van der Waals surface area contributed by atoms with Gasteiger partial charge in [-0.05, 0) is 13.2 Å². The number of nitriles is 1. The van der Waals surface area contributed by atoms with E-state index in [9.17, 15) is 9.59 Å². The van der Waals surface area contributed by atoms with Crippen LogP contribution in [0.25, 0.3) is 0 Å². The van der Waals surface area contributed by atoms with Gasteiger partial charge >= 0.3 is 0 Å². The molecule has 0 bridgehead atoms. The second kappa shape index (κ2) is 8.00. The van der Waals surface area contributed by atoms with Gasteiger partial charge in [0, 0.05) is 18.0 Å². The third kappa shape index (κ3) is 5.18. The molecule has 6 heteroatoms. The first-order valence-corrected chi connectivity index (χ1v) is 5.72. The second-order valence-electron chi connectivity index (χ2n) is 2.75. The minimum Gasteiger partial charge on any atom is -0.354 e. The Kier molecular flexibility index (Phi) is 7.28. The molecule has 0 saturated heterocycles. The monoisotopic (exact) mass is 227 g/mol. The quantitative estimate of drug-likeness (QED) is 0.231. The Bertz CT molecular complexity index is 296. The van der Waals surface area contributed by atoms with Crippen LogP contribution in [0.3, 0.4) is 0 Å². The molecule has 0 aliphatic heterocycles. The SMILES string of the molecule is CSCCNC(=O)C(C=O)C(C)=NC#N. The van der Waals surface area contributed by atoms with Crippen LogP contribution in [-0.4, -0.2) is 36.5 Å². The predicted octanol–water partition coefficient (Wildman–Crippen LogP) is 0.223. The lowest BCUT2D eigenvalue weighted by atomic mass is 10.1. The van der Waals surface area contributed by atoms with Gasteiger partial charge in [-0.1, -0.05) is 0 Å². The van der Waals surface area contributed by atoms with Crippen molar-refractivity contribution in [3.05, 3.63) is 0 Å². The zero-order chi connectivity index (χ0) is 11.7. The predicted molar refractivity (Wildman–Crippen MR) is 59.7 cm³/mol. The number of carbonyl (C=O) groups excluding carboxylic acids is 2. The Balaban J connectivity index is 4.30. The van der Waals surface area contributed by atoms with E-state index in [-0.39, 0.29) is 5.71 Å². The van der Waals surface area contributed by atoms with Crippen molar-refractivity contribution in [2.45, 2.75) is 6.92 Å². The van der Waals surface area contributed by atoms with Crippen LogP contribution in [0.4, 0.5) is 0 Å². The summed E-state index contributed by atoms with van der Waals surface area (Å²) in [6, 6.07) is 0. The van der Waals surface area contributed by atoms with Crippen molar-refractivity contribution in [1.29, 1.82) is 5.26 Å². The molecule has 0 aromatic carbocycles. The van der Waals surface area contributed by atoms with Gasteiger partial charge in [0.05, 0.1) is 0 Å². The molecule has 0 spiro atoms. The van der Waals surface area contributed by atoms with E-state index in [0.29, 0.717) is 12.8 Å². The average Bonchev–Trinajstić information content (AvgIpc) is 2.19. The molecule has 0 fully saturated rings. The number of hydrogen-bond donors (Lipinski definition) is 1. The van der Waals surface area contributed by atoms with E-state index in [1.807, 2.05) is 6.26 Å². The number of nitrogens with zero attached hydrogens (tertiary/aromatic N) is 2. The highest BCUT2D eigenvalue weighted by atomic mass is 32.2. The van der Waals surface area contributed by atoms with Crippen LogP contribution in [0, 0.1) is 17.4 Å². The van der Waals surface area contributed by atoms with E-state index in [0.717, 1.165) is 5.75 Å². The van der Waals surface area contributed by atoms with Gasteiger partial charge < -0.3 is 10.1 Å². The van der Waals surface area contributed by atoms with E-state index in [1.165, 1.54) is 6.92 Å². The fraction of sp³-hybridized carbons (Fsp3) is 0.556. The molecule has 0 saturated carbocycles. The number of hydrogen-bond acceptors (Lipinski definition) is 5. The first kappa shape index (κ1) is 13.7. The number of aldehydes is 1. The molecule has 1 unspecified atom stereocenters. The van der Waals surface area contributed by atoms with Crippen LogP contribution in [0.15, 0.2) is 4.99 Å². The summed E-state index contributed by atoms with van der Waals surface area (Å²) in [7, 11) is 0. The summed E-state index contributed by atoms with van der Waals surface area (Å²) >= 11 is 1.60. The first-order valence-electron chi connectivity index (χ1n) is 4.32. The third-order valence-corrected chi connectivity index (χ3v) is 2.31. The van der Waals surface area contributed by atoms with Crippen molar-refractivity contribution in [1.82, 2.24) is 5.32 Å². The van der Waals surface area contributed by atoms with Crippen LogP contribution >= 0.6 is 11.8 Å². The minimum absolute atomic E-state index is 0.217. The zero-order valence-electron chi connectivity index (χ0n) is 8.69. The highest BCUT2D eigenvalue weighted by molar-refractivity contribution is 7.98. The Hall–Kier alpha value is -1.35. The van der Waals surface area contributed by atoms with Crippen LogP contribution in [0.5, 0.6) is 0 Å². The highest BCUT2D eigenvalue weighted by Crippen LogP contribution is 1.97. The van der Waals surface area contributed by atoms with Crippen molar-refractivity contribution in [2.75, 3.05) is 18.6 Å². The van der Waals surface area contributed by atoms with E-state index >= 15 is 0 Å². The van der Waals surface area contributed by atoms with Gasteiger partial charge in [-0.25, -0.2) is 0 Å². The molecule has 15 heavy (non-hydrogen) atoms. The van der Waals surface area contributed by atoms with Crippen molar-refractivity contribution >= 4 is 29.7 Å². The number of carbonyl (C=O) groups is 2. The average molecular weight is 227 g/mol. The summed E-state index contributed by atoms with van der Waals surface area (Å²) in [4.78, 5) is 25.4. The van der Waals surface area contributed by atoms with Crippen LogP contribution < -0.4 is 5.32 Å². The maximum absolute atomic E-state index is 11.4. The number of rotatable bonds is 6. The van der Waals surface area contributed by atoms with E-state index in [4.69, 9.17) is 5.26 Å². The standard InChI is InChI=1S/C9H13N3O2S/c1-7(12-6-10)8(5-13)9(14)11-3-4-15-2/h5,8H,3-4H2,1-2H3,(H,11,14). The largest absolute Gasteiger partial charge is 0.354 e. The maximum Gasteiger partial charge on any atom is 0.236 e. The molecule has 0 aliphatic rings. The molecular formula is C9H13N3O2S. The summed E-state index contributed by atoms with van der Waals surface area (Å²) in [5.41, 5.74) is 0.217. The van der Waals surface area contributed by atoms with Crippen molar-refractivity contribution in [3.63, 3.8) is 0 Å². The molecule has 1 atom stereocenters. The molecular weight excluding hydrogens is 214 g/mol. The summed E-state index contributed by atoms with van der Waals surface area (Å²) in [6.45, 7) is 1.99. The molecule has 0 heterocycles. The Morgan fingerprint density at radius 3 is 2.87 bits per heavy atom. The summed E-state index contributed by atoms with van der Waals surface area (Å²) in [5, 5.41) is 10.9. The first-order chi connectivity index (χ1) is 7.17. The molecule has 0 aliphatic carbocycles. The van der Waals surface area contributed by atoms with Gasteiger partial charge in [-0.2, -0.15) is 22.0 Å². The summed E-state index contributed by atoms with van der Waals surface area (Å²) in [6.07, 6.45) is 3.96. The van der Waals surface area contributed by atoms with Gasteiger partial charge in [0.25, 0.3) is 0 Å².